The van der Waals surface area contributed by atoms with E-state index in [1.54, 1.807) is 12.2 Å². The number of hydrogen-bond donors (Lipinski definition) is 1. The zero-order valence-corrected chi connectivity index (χ0v) is 12.2. The van der Waals surface area contributed by atoms with Crippen molar-refractivity contribution in [3.8, 4) is 0 Å². The van der Waals surface area contributed by atoms with Crippen LogP contribution in [0.1, 0.15) is 27.7 Å². The highest BCUT2D eigenvalue weighted by Gasteiger charge is 2.07. The first-order valence-electron chi connectivity index (χ1n) is 6.17. The number of carbonyl (C=O) groups excluding carboxylic acids is 1. The van der Waals surface area contributed by atoms with E-state index >= 15 is 0 Å². The third kappa shape index (κ3) is 6.46. The Morgan fingerprint density at radius 2 is 1.89 bits per heavy atom. The van der Waals surface area contributed by atoms with Gasteiger partial charge in [-0.2, -0.15) is 0 Å². The molecule has 0 aromatic heterocycles. The van der Waals surface area contributed by atoms with Crippen LogP contribution in [0.5, 0.6) is 0 Å². The van der Waals surface area contributed by atoms with Crippen molar-refractivity contribution in [2.45, 2.75) is 27.7 Å². The molecule has 0 saturated carbocycles. The van der Waals surface area contributed by atoms with Crippen LogP contribution in [0.3, 0.4) is 0 Å². The summed E-state index contributed by atoms with van der Waals surface area (Å²) in [6.07, 6.45) is 6.76. The Labute approximate surface area is 116 Å². The van der Waals surface area contributed by atoms with Gasteiger partial charge in [0.1, 0.15) is 6.61 Å². The van der Waals surface area contributed by atoms with Crippen LogP contribution in [0.15, 0.2) is 59.9 Å². The first-order valence-corrected chi connectivity index (χ1v) is 6.17. The summed E-state index contributed by atoms with van der Waals surface area (Å²) in [6.45, 7) is 15.2. The molecular formula is C16H23NO2. The molecule has 104 valence electrons. The number of alkyl carbamates (subject to hydrolysis) is 1. The van der Waals surface area contributed by atoms with Crippen LogP contribution in [-0.2, 0) is 4.74 Å². The van der Waals surface area contributed by atoms with Crippen molar-refractivity contribution in [3.05, 3.63) is 59.9 Å². The zero-order chi connectivity index (χ0) is 14.8. The lowest BCUT2D eigenvalue weighted by Gasteiger charge is -2.12. The number of ether oxygens (including phenoxy) is 1. The fourth-order valence-corrected chi connectivity index (χ4v) is 1.34. The molecule has 0 rings (SSSR count). The smallest absolute Gasteiger partial charge is 0.411 e. The van der Waals surface area contributed by atoms with Crippen molar-refractivity contribution >= 4 is 6.09 Å². The Morgan fingerprint density at radius 1 is 1.26 bits per heavy atom. The molecule has 19 heavy (non-hydrogen) atoms. The molecule has 0 spiro atoms. The Bertz CT molecular complexity index is 440. The van der Waals surface area contributed by atoms with Crippen LogP contribution in [0.2, 0.25) is 0 Å². The third-order valence-corrected chi connectivity index (χ3v) is 2.60. The fourth-order valence-electron chi connectivity index (χ4n) is 1.34. The van der Waals surface area contributed by atoms with E-state index in [0.29, 0.717) is 5.70 Å². The highest BCUT2D eigenvalue weighted by Crippen LogP contribution is 2.10. The normalized spacial score (nSPS) is 12.9. The van der Waals surface area contributed by atoms with Crippen LogP contribution < -0.4 is 5.32 Å². The Balaban J connectivity index is 4.55. The number of hydrogen-bond acceptors (Lipinski definition) is 2. The topological polar surface area (TPSA) is 38.3 Å². The van der Waals surface area contributed by atoms with E-state index in [4.69, 9.17) is 4.74 Å². The Kier molecular flexibility index (Phi) is 8.02. The van der Waals surface area contributed by atoms with E-state index in [1.807, 2.05) is 39.8 Å². The van der Waals surface area contributed by atoms with Crippen molar-refractivity contribution in [2.75, 3.05) is 6.61 Å². The van der Waals surface area contributed by atoms with Gasteiger partial charge < -0.3 is 4.74 Å². The van der Waals surface area contributed by atoms with Gasteiger partial charge in [0.2, 0.25) is 0 Å². The van der Waals surface area contributed by atoms with E-state index in [9.17, 15) is 4.79 Å². The lowest BCUT2D eigenvalue weighted by molar-refractivity contribution is 0.159. The van der Waals surface area contributed by atoms with Gasteiger partial charge >= 0.3 is 6.09 Å². The minimum Gasteiger partial charge on any atom is -0.444 e. The molecule has 0 aliphatic rings. The van der Waals surface area contributed by atoms with Crippen LogP contribution in [0.25, 0.3) is 0 Å². The van der Waals surface area contributed by atoms with E-state index in [1.165, 1.54) is 0 Å². The highest BCUT2D eigenvalue weighted by molar-refractivity contribution is 5.71. The van der Waals surface area contributed by atoms with Crippen LogP contribution >= 0.6 is 0 Å². The number of allylic oxidation sites excluding steroid dienone is 5. The van der Waals surface area contributed by atoms with Crippen molar-refractivity contribution in [1.82, 2.24) is 5.32 Å². The average molecular weight is 261 g/mol. The molecule has 0 aromatic rings. The second-order valence-electron chi connectivity index (χ2n) is 4.08. The second kappa shape index (κ2) is 8.97. The number of carbonyl (C=O) groups is 1. The van der Waals surface area contributed by atoms with Gasteiger partial charge in [-0.3, -0.25) is 5.32 Å². The van der Waals surface area contributed by atoms with Crippen LogP contribution in [-0.4, -0.2) is 12.7 Å². The zero-order valence-electron chi connectivity index (χ0n) is 12.2. The van der Waals surface area contributed by atoms with E-state index in [0.717, 1.165) is 16.7 Å². The minimum absolute atomic E-state index is 0.210. The maximum Gasteiger partial charge on any atom is 0.411 e. The van der Waals surface area contributed by atoms with Crippen molar-refractivity contribution in [1.29, 1.82) is 0 Å². The molecule has 0 unspecified atom stereocenters. The predicted molar refractivity (Wildman–Crippen MR) is 80.8 cm³/mol. The number of amides is 1. The van der Waals surface area contributed by atoms with Gasteiger partial charge in [-0.05, 0) is 44.4 Å². The predicted octanol–water partition coefficient (Wildman–Crippen LogP) is 4.27. The van der Waals surface area contributed by atoms with Crippen molar-refractivity contribution in [3.63, 3.8) is 0 Å². The number of nitrogens with one attached hydrogen (secondary N) is 1. The molecule has 0 aliphatic heterocycles. The van der Waals surface area contributed by atoms with Crippen molar-refractivity contribution in [2.24, 2.45) is 0 Å². The molecule has 0 aliphatic carbocycles. The van der Waals surface area contributed by atoms with E-state index in [2.05, 4.69) is 18.5 Å². The maximum absolute atomic E-state index is 11.6. The SMILES string of the molecule is C=C/C=C(COC(=O)N/C(=C\C)C(=C)C)\C(C)=C/C. The maximum atomic E-state index is 11.6. The molecular weight excluding hydrogens is 238 g/mol. The average Bonchev–Trinajstić information content (AvgIpc) is 2.39. The molecule has 3 heteroatoms. The summed E-state index contributed by atoms with van der Waals surface area (Å²) < 4.78 is 5.17. The van der Waals surface area contributed by atoms with Crippen LogP contribution in [0.4, 0.5) is 4.79 Å². The molecule has 0 atom stereocenters. The Hall–Kier alpha value is -2.03. The summed E-state index contributed by atoms with van der Waals surface area (Å²) >= 11 is 0. The van der Waals surface area contributed by atoms with Crippen molar-refractivity contribution < 1.29 is 9.53 Å². The summed E-state index contributed by atoms with van der Waals surface area (Å²) in [5, 5.41) is 2.65. The van der Waals surface area contributed by atoms with Gasteiger partial charge in [0, 0.05) is 5.70 Å². The van der Waals surface area contributed by atoms with E-state index in [-0.39, 0.29) is 6.61 Å². The first-order chi connectivity index (χ1) is 8.96. The van der Waals surface area contributed by atoms with Crippen LogP contribution in [0, 0.1) is 0 Å². The highest BCUT2D eigenvalue weighted by atomic mass is 16.5. The monoisotopic (exact) mass is 261 g/mol. The van der Waals surface area contributed by atoms with E-state index < -0.39 is 6.09 Å². The largest absolute Gasteiger partial charge is 0.444 e. The molecule has 0 aromatic carbocycles. The quantitative estimate of drug-likeness (QED) is 0.725. The lowest BCUT2D eigenvalue weighted by atomic mass is 10.1. The second-order valence-corrected chi connectivity index (χ2v) is 4.08. The van der Waals surface area contributed by atoms with Gasteiger partial charge in [0.25, 0.3) is 0 Å². The number of rotatable bonds is 6. The summed E-state index contributed by atoms with van der Waals surface area (Å²) in [6, 6.07) is 0. The minimum atomic E-state index is -0.491. The first kappa shape index (κ1) is 17.0. The third-order valence-electron chi connectivity index (χ3n) is 2.60. The summed E-state index contributed by atoms with van der Waals surface area (Å²) in [5.74, 6) is 0. The standard InChI is InChI=1S/C16H23NO2/c1-7-10-14(13(6)8-2)11-19-16(18)17-15(9-3)12(4)5/h7-10H,1,4,11H2,2-3,5-6H3,(H,17,18)/b13-8-,14-10-,15-9-. The van der Waals surface area contributed by atoms with Gasteiger partial charge in [-0.1, -0.05) is 37.5 Å². The fraction of sp³-hybridized carbons (Fsp3) is 0.312. The van der Waals surface area contributed by atoms with Gasteiger partial charge in [-0.25, -0.2) is 4.79 Å². The molecule has 3 nitrogen and oxygen atoms in total. The molecule has 1 amide bonds. The molecule has 0 saturated heterocycles. The Morgan fingerprint density at radius 3 is 2.32 bits per heavy atom. The van der Waals surface area contributed by atoms with Gasteiger partial charge in [-0.15, -0.1) is 0 Å². The molecule has 0 bridgehead atoms. The van der Waals surface area contributed by atoms with Gasteiger partial charge in [0.05, 0.1) is 0 Å². The molecule has 1 N–H and O–H groups in total. The lowest BCUT2D eigenvalue weighted by Crippen LogP contribution is -2.25. The summed E-state index contributed by atoms with van der Waals surface area (Å²) in [4.78, 5) is 11.6. The molecule has 0 radical (unpaired) electrons. The molecule has 0 fully saturated rings. The molecule has 0 heterocycles. The van der Waals surface area contributed by atoms with Gasteiger partial charge in [0.15, 0.2) is 0 Å². The summed E-state index contributed by atoms with van der Waals surface area (Å²) in [5.41, 5.74) is 3.43. The summed E-state index contributed by atoms with van der Waals surface area (Å²) in [7, 11) is 0.